The summed E-state index contributed by atoms with van der Waals surface area (Å²) in [5, 5.41) is 0. The molecule has 3 atom stereocenters. The van der Waals surface area contributed by atoms with Crippen molar-refractivity contribution in [1.29, 1.82) is 0 Å². The first-order chi connectivity index (χ1) is 19.1. The molecule has 0 radical (unpaired) electrons. The summed E-state index contributed by atoms with van der Waals surface area (Å²) in [7, 11) is 0. The number of amides is 1. The third-order valence-electron chi connectivity index (χ3n) is 7.40. The number of benzene rings is 1. The smallest absolute Gasteiger partial charge is 0.335 e. The molecule has 238 valence electrons. The van der Waals surface area contributed by atoms with E-state index in [1.165, 1.54) is 36.0 Å². The molecule has 1 aromatic carbocycles. The highest BCUT2D eigenvalue weighted by molar-refractivity contribution is 8.47. The maximum Gasteiger partial charge on any atom is 0.335 e. The Morgan fingerprint density at radius 3 is 2.02 bits per heavy atom. The maximum absolute atomic E-state index is 12.9. The van der Waals surface area contributed by atoms with Crippen LogP contribution in [0.4, 0.5) is 0 Å². The van der Waals surface area contributed by atoms with Gasteiger partial charge in [0, 0.05) is 10.5 Å². The predicted molar refractivity (Wildman–Crippen MR) is 179 cm³/mol. The summed E-state index contributed by atoms with van der Waals surface area (Å²) in [4.78, 5) is 38.1. The highest BCUT2D eigenvalue weighted by Crippen LogP contribution is 2.50. The molecule has 0 aliphatic rings. The van der Waals surface area contributed by atoms with Crippen LogP contribution in [0.3, 0.4) is 0 Å². The van der Waals surface area contributed by atoms with E-state index in [2.05, 4.69) is 26.0 Å². The van der Waals surface area contributed by atoms with Crippen molar-refractivity contribution >= 4 is 56.9 Å². The van der Waals surface area contributed by atoms with Gasteiger partial charge in [-0.15, -0.1) is 23.5 Å². The summed E-state index contributed by atoms with van der Waals surface area (Å²) in [6.45, 7) is 20.6. The molecular weight excluding hydrogens is 591 g/mol. The fraction of sp³-hybridized carbons (Fsp3) is 0.688. The minimum Gasteiger partial charge on any atom is -0.453 e. The molecule has 0 saturated carbocycles. The Kier molecular flexibility index (Phi) is 14.7. The normalized spacial score (nSPS) is 15.5. The quantitative estimate of drug-likeness (QED) is 0.112. The Bertz CT molecular complexity index is 1070. The number of ketones is 1. The molecule has 0 aliphatic heterocycles. The van der Waals surface area contributed by atoms with E-state index in [4.69, 9.17) is 32.2 Å². The van der Waals surface area contributed by atoms with Gasteiger partial charge in [-0.05, 0) is 86.1 Å². The first kappa shape index (κ1) is 38.6. The number of nitrogens with two attached hydrogens (primary N) is 1. The number of ether oxygens (including phenoxy) is 3. The number of primary amides is 1. The van der Waals surface area contributed by atoms with Gasteiger partial charge in [0.2, 0.25) is 11.7 Å². The van der Waals surface area contributed by atoms with E-state index < -0.39 is 33.9 Å². The lowest BCUT2D eigenvalue weighted by molar-refractivity contribution is -0.171. The van der Waals surface area contributed by atoms with Gasteiger partial charge < -0.3 is 19.9 Å². The average Bonchev–Trinajstić information content (AvgIpc) is 2.85. The molecule has 0 fully saturated rings. The summed E-state index contributed by atoms with van der Waals surface area (Å²) in [5.41, 5.74) is 5.09. The van der Waals surface area contributed by atoms with Crippen molar-refractivity contribution < 1.29 is 28.6 Å². The van der Waals surface area contributed by atoms with E-state index in [1.54, 1.807) is 20.8 Å². The SMILES string of the molecule is CC(C)O[C@H](C)C(=O)O[C@H](C)C(=O)C(C)(C)OCCSC(=S)SC(C)(C)C(C)(CC(C)(C)Cc1ccccc1)C(N)=O. The van der Waals surface area contributed by atoms with Crippen molar-refractivity contribution in [2.45, 2.75) is 118 Å². The monoisotopic (exact) mass is 641 g/mol. The van der Waals surface area contributed by atoms with E-state index in [-0.39, 0.29) is 29.8 Å². The molecule has 0 saturated heterocycles. The van der Waals surface area contributed by atoms with E-state index in [0.717, 1.165) is 6.42 Å². The molecule has 1 amide bonds. The average molecular weight is 642 g/mol. The summed E-state index contributed by atoms with van der Waals surface area (Å²) in [6.07, 6.45) is -0.461. The molecular formula is C32H51NO6S3. The van der Waals surface area contributed by atoms with Crippen molar-refractivity contribution in [2.24, 2.45) is 16.6 Å². The van der Waals surface area contributed by atoms with Crippen LogP contribution in [0.15, 0.2) is 30.3 Å². The fourth-order valence-corrected chi connectivity index (χ4v) is 8.02. The second kappa shape index (κ2) is 16.0. The van der Waals surface area contributed by atoms with E-state index in [1.807, 2.05) is 52.8 Å². The van der Waals surface area contributed by atoms with Crippen molar-refractivity contribution in [1.82, 2.24) is 0 Å². The Morgan fingerprint density at radius 2 is 1.50 bits per heavy atom. The van der Waals surface area contributed by atoms with Gasteiger partial charge in [0.25, 0.3) is 0 Å². The van der Waals surface area contributed by atoms with Crippen LogP contribution in [0.5, 0.6) is 0 Å². The highest BCUT2D eigenvalue weighted by atomic mass is 32.2. The minimum atomic E-state index is -1.16. The molecule has 2 N–H and O–H groups in total. The lowest BCUT2D eigenvalue weighted by Gasteiger charge is -2.45. The summed E-state index contributed by atoms with van der Waals surface area (Å²) in [5.74, 6) is -0.769. The van der Waals surface area contributed by atoms with Crippen molar-refractivity contribution in [3.8, 4) is 0 Å². The Morgan fingerprint density at radius 1 is 0.929 bits per heavy atom. The van der Waals surface area contributed by atoms with Gasteiger partial charge in [-0.25, -0.2) is 4.79 Å². The van der Waals surface area contributed by atoms with Crippen molar-refractivity contribution in [3.63, 3.8) is 0 Å². The fourth-order valence-electron chi connectivity index (χ4n) is 4.88. The standard InChI is InChI=1S/C32H51NO6S3/c1-21(2)38-23(4)26(35)39-22(3)25(34)30(7,8)37-17-18-41-28(40)42-31(9,10)32(11,27(33)36)20-29(5,6)19-24-15-13-12-14-16-24/h12-16,21-23H,17-20H2,1-11H3,(H2,33,36)/t22-,23-,32?/m1/s1. The first-order valence-electron chi connectivity index (χ1n) is 14.4. The molecule has 0 spiro atoms. The number of rotatable bonds is 17. The molecule has 1 unspecified atom stereocenters. The molecule has 42 heavy (non-hydrogen) atoms. The lowest BCUT2D eigenvalue weighted by Crippen LogP contribution is -2.51. The second-order valence-corrected chi connectivity index (χ2v) is 17.0. The molecule has 10 heteroatoms. The van der Waals surface area contributed by atoms with Gasteiger partial charge in [-0.1, -0.05) is 56.4 Å². The molecule has 1 aromatic rings. The highest BCUT2D eigenvalue weighted by Gasteiger charge is 2.50. The van der Waals surface area contributed by atoms with Gasteiger partial charge in [0.1, 0.15) is 9.13 Å². The van der Waals surface area contributed by atoms with E-state index in [0.29, 0.717) is 15.7 Å². The molecule has 0 bridgehead atoms. The molecule has 7 nitrogen and oxygen atoms in total. The summed E-state index contributed by atoms with van der Waals surface area (Å²) >= 11 is 8.59. The van der Waals surface area contributed by atoms with Crippen LogP contribution in [0, 0.1) is 10.8 Å². The Balaban J connectivity index is 2.71. The summed E-state index contributed by atoms with van der Waals surface area (Å²) < 4.78 is 16.7. The molecule has 0 aliphatic carbocycles. The number of carbonyl (C=O) groups excluding carboxylic acids is 3. The van der Waals surface area contributed by atoms with Crippen LogP contribution in [0.1, 0.15) is 88.1 Å². The van der Waals surface area contributed by atoms with Crippen LogP contribution < -0.4 is 5.73 Å². The number of hydrogen-bond donors (Lipinski definition) is 1. The number of esters is 1. The Labute approximate surface area is 267 Å². The van der Waals surface area contributed by atoms with Crippen molar-refractivity contribution in [2.75, 3.05) is 12.4 Å². The zero-order valence-electron chi connectivity index (χ0n) is 27.2. The largest absolute Gasteiger partial charge is 0.453 e. The number of thioether (sulfide) groups is 2. The van der Waals surface area contributed by atoms with Gasteiger partial charge in [-0.3, -0.25) is 9.59 Å². The number of carbonyl (C=O) groups is 3. The van der Waals surface area contributed by atoms with Gasteiger partial charge in [0.15, 0.2) is 12.2 Å². The second-order valence-electron chi connectivity index (χ2n) is 13.0. The van der Waals surface area contributed by atoms with Gasteiger partial charge in [-0.2, -0.15) is 0 Å². The first-order valence-corrected chi connectivity index (χ1v) is 16.6. The Hall–Kier alpha value is -1.46. The zero-order valence-corrected chi connectivity index (χ0v) is 29.6. The molecule has 0 aromatic heterocycles. The minimum absolute atomic E-state index is 0.137. The van der Waals surface area contributed by atoms with E-state index >= 15 is 0 Å². The van der Waals surface area contributed by atoms with Crippen LogP contribution in [-0.2, 0) is 35.0 Å². The molecule has 1 rings (SSSR count). The van der Waals surface area contributed by atoms with E-state index in [9.17, 15) is 14.4 Å². The third-order valence-corrected chi connectivity index (χ3v) is 10.3. The van der Waals surface area contributed by atoms with Gasteiger partial charge >= 0.3 is 5.97 Å². The van der Waals surface area contributed by atoms with Crippen molar-refractivity contribution in [3.05, 3.63) is 35.9 Å². The zero-order chi connectivity index (χ0) is 32.5. The van der Waals surface area contributed by atoms with Crippen LogP contribution in [0.2, 0.25) is 0 Å². The predicted octanol–water partition coefficient (Wildman–Crippen LogP) is 6.78. The van der Waals surface area contributed by atoms with Gasteiger partial charge in [0.05, 0.1) is 18.1 Å². The number of hydrogen-bond acceptors (Lipinski definition) is 9. The number of Topliss-reactive ketones (excluding diaryl/α,β-unsaturated/α-hetero) is 1. The third kappa shape index (κ3) is 11.9. The topological polar surface area (TPSA) is 105 Å². The molecule has 0 heterocycles. The maximum atomic E-state index is 12.9. The van der Waals surface area contributed by atoms with Crippen LogP contribution in [0.25, 0.3) is 0 Å². The number of thiocarbonyl (C=S) groups is 1. The lowest BCUT2D eigenvalue weighted by atomic mass is 9.65. The van der Waals surface area contributed by atoms with Crippen LogP contribution in [-0.4, -0.2) is 62.2 Å². The van der Waals surface area contributed by atoms with Crippen LogP contribution >= 0.6 is 35.7 Å². The summed E-state index contributed by atoms with van der Waals surface area (Å²) in [6, 6.07) is 10.2.